The third-order valence-electron chi connectivity index (χ3n) is 6.77. The maximum absolute atomic E-state index is 5.50. The van der Waals surface area contributed by atoms with Crippen molar-refractivity contribution in [2.45, 2.75) is 31.7 Å². The molecule has 3 heterocycles. The highest BCUT2D eigenvalue weighted by molar-refractivity contribution is 5.59. The molecule has 1 N–H and O–H groups in total. The summed E-state index contributed by atoms with van der Waals surface area (Å²) in [5.74, 6) is 3.44. The van der Waals surface area contributed by atoms with E-state index < -0.39 is 0 Å². The van der Waals surface area contributed by atoms with Crippen LogP contribution in [0.15, 0.2) is 42.5 Å². The Labute approximate surface area is 167 Å². The monoisotopic (exact) mass is 378 g/mol. The number of benzene rings is 1. The van der Waals surface area contributed by atoms with Crippen molar-refractivity contribution in [2.75, 3.05) is 38.2 Å². The van der Waals surface area contributed by atoms with Crippen LogP contribution in [0.3, 0.4) is 0 Å². The summed E-state index contributed by atoms with van der Waals surface area (Å²) in [5, 5.41) is 12.5. The second-order valence-electron chi connectivity index (χ2n) is 8.78. The molecule has 2 saturated heterocycles. The van der Waals surface area contributed by atoms with Crippen molar-refractivity contribution in [1.29, 1.82) is 0 Å². The molecule has 5 nitrogen and oxygen atoms in total. The summed E-state index contributed by atoms with van der Waals surface area (Å²) in [6.07, 6.45) is 5.01. The molecule has 28 heavy (non-hydrogen) atoms. The number of anilines is 1. The van der Waals surface area contributed by atoms with Gasteiger partial charge in [-0.15, -0.1) is 10.2 Å². The van der Waals surface area contributed by atoms with Gasteiger partial charge in [0.25, 0.3) is 0 Å². The first-order valence-electron chi connectivity index (χ1n) is 10.8. The van der Waals surface area contributed by atoms with E-state index in [2.05, 4.69) is 44.7 Å². The van der Waals surface area contributed by atoms with E-state index in [1.165, 1.54) is 45.3 Å². The van der Waals surface area contributed by atoms with Gasteiger partial charge in [-0.2, -0.15) is 0 Å². The standard InChI is InChI=1S/C23H30N4O/c1-2-4-18(5-3-1)22-6-7-23(26-25-22)24-21-12-19-15-27(16-20(19)13-21)14-17-8-10-28-11-9-17/h1-7,17,19-21H,8-16H2,(H,24,26)/t19-,20+,21?. The molecule has 0 bridgehead atoms. The van der Waals surface area contributed by atoms with Crippen LogP contribution in [0.2, 0.25) is 0 Å². The fraction of sp³-hybridized carbons (Fsp3) is 0.565. The van der Waals surface area contributed by atoms with Gasteiger partial charge in [0.15, 0.2) is 0 Å². The summed E-state index contributed by atoms with van der Waals surface area (Å²) in [6.45, 7) is 5.75. The molecular weight excluding hydrogens is 348 g/mol. The summed E-state index contributed by atoms with van der Waals surface area (Å²) < 4.78 is 5.50. The molecule has 3 fully saturated rings. The lowest BCUT2D eigenvalue weighted by Crippen LogP contribution is -2.32. The summed E-state index contributed by atoms with van der Waals surface area (Å²) in [5.41, 5.74) is 2.04. The predicted molar refractivity (Wildman–Crippen MR) is 111 cm³/mol. The molecule has 1 unspecified atom stereocenters. The van der Waals surface area contributed by atoms with Gasteiger partial charge in [-0.1, -0.05) is 30.3 Å². The van der Waals surface area contributed by atoms with Gasteiger partial charge in [0.1, 0.15) is 5.82 Å². The van der Waals surface area contributed by atoms with E-state index >= 15 is 0 Å². The van der Waals surface area contributed by atoms with E-state index in [9.17, 15) is 0 Å². The smallest absolute Gasteiger partial charge is 0.148 e. The molecule has 0 amide bonds. The third-order valence-corrected chi connectivity index (χ3v) is 6.77. The Bertz CT molecular complexity index is 746. The minimum Gasteiger partial charge on any atom is -0.381 e. The van der Waals surface area contributed by atoms with Crippen LogP contribution in [0.5, 0.6) is 0 Å². The second kappa shape index (κ2) is 8.18. The minimum atomic E-state index is 0.539. The Morgan fingerprint density at radius 1 is 0.929 bits per heavy atom. The van der Waals surface area contributed by atoms with Gasteiger partial charge in [-0.3, -0.25) is 0 Å². The van der Waals surface area contributed by atoms with Crippen molar-refractivity contribution in [1.82, 2.24) is 15.1 Å². The molecule has 148 valence electrons. The van der Waals surface area contributed by atoms with Gasteiger partial charge in [-0.05, 0) is 55.6 Å². The summed E-state index contributed by atoms with van der Waals surface area (Å²) >= 11 is 0. The number of aromatic nitrogens is 2. The van der Waals surface area contributed by atoms with Crippen molar-refractivity contribution in [3.63, 3.8) is 0 Å². The molecular formula is C23H30N4O. The second-order valence-corrected chi connectivity index (χ2v) is 8.78. The Morgan fingerprint density at radius 2 is 1.68 bits per heavy atom. The van der Waals surface area contributed by atoms with Crippen molar-refractivity contribution < 1.29 is 4.74 Å². The van der Waals surface area contributed by atoms with Gasteiger partial charge in [0.05, 0.1) is 5.69 Å². The molecule has 1 aromatic carbocycles. The maximum Gasteiger partial charge on any atom is 0.148 e. The lowest BCUT2D eigenvalue weighted by atomic mass is 10.00. The van der Waals surface area contributed by atoms with E-state index in [4.69, 9.17) is 4.74 Å². The number of nitrogens with one attached hydrogen (secondary N) is 1. The first-order chi connectivity index (χ1) is 13.8. The zero-order chi connectivity index (χ0) is 18.8. The Hall–Kier alpha value is -1.98. The number of hydrogen-bond donors (Lipinski definition) is 1. The average molecular weight is 379 g/mol. The highest BCUT2D eigenvalue weighted by Crippen LogP contribution is 2.39. The van der Waals surface area contributed by atoms with Crippen LogP contribution in [0.1, 0.15) is 25.7 Å². The van der Waals surface area contributed by atoms with Crippen molar-refractivity contribution >= 4 is 5.82 Å². The van der Waals surface area contributed by atoms with Gasteiger partial charge in [0, 0.05) is 44.5 Å². The Kier molecular flexibility index (Phi) is 5.28. The maximum atomic E-state index is 5.50. The molecule has 1 aromatic heterocycles. The van der Waals surface area contributed by atoms with Crippen LogP contribution in [0.25, 0.3) is 11.3 Å². The number of fused-ring (bicyclic) bond motifs is 1. The number of nitrogens with zero attached hydrogens (tertiary/aromatic N) is 3. The van der Waals surface area contributed by atoms with Crippen LogP contribution >= 0.6 is 0 Å². The minimum absolute atomic E-state index is 0.539. The van der Waals surface area contributed by atoms with Crippen LogP contribution in [0, 0.1) is 17.8 Å². The topological polar surface area (TPSA) is 50.3 Å². The van der Waals surface area contributed by atoms with Crippen molar-refractivity contribution in [3.8, 4) is 11.3 Å². The average Bonchev–Trinajstić information content (AvgIpc) is 3.28. The van der Waals surface area contributed by atoms with Gasteiger partial charge in [-0.25, -0.2) is 0 Å². The van der Waals surface area contributed by atoms with Gasteiger partial charge in [0.2, 0.25) is 0 Å². The zero-order valence-corrected chi connectivity index (χ0v) is 16.5. The Morgan fingerprint density at radius 3 is 2.36 bits per heavy atom. The largest absolute Gasteiger partial charge is 0.381 e. The van der Waals surface area contributed by atoms with Crippen molar-refractivity contribution in [3.05, 3.63) is 42.5 Å². The molecule has 1 aliphatic carbocycles. The highest BCUT2D eigenvalue weighted by Gasteiger charge is 2.41. The Balaban J connectivity index is 1.12. The summed E-state index contributed by atoms with van der Waals surface area (Å²) in [4.78, 5) is 2.72. The van der Waals surface area contributed by atoms with Crippen molar-refractivity contribution in [2.24, 2.45) is 17.8 Å². The molecule has 1 saturated carbocycles. The fourth-order valence-corrected chi connectivity index (χ4v) is 5.34. The normalized spacial score (nSPS) is 28.4. The lowest BCUT2D eigenvalue weighted by Gasteiger charge is -2.27. The van der Waals surface area contributed by atoms with Crippen LogP contribution in [-0.4, -0.2) is 54.0 Å². The number of hydrogen-bond acceptors (Lipinski definition) is 5. The molecule has 0 spiro atoms. The van der Waals surface area contributed by atoms with E-state index in [1.807, 2.05) is 18.2 Å². The van der Waals surface area contributed by atoms with E-state index in [0.29, 0.717) is 6.04 Å². The molecule has 2 aliphatic heterocycles. The number of rotatable bonds is 5. The van der Waals surface area contributed by atoms with E-state index in [-0.39, 0.29) is 0 Å². The first kappa shape index (κ1) is 18.1. The summed E-state index contributed by atoms with van der Waals surface area (Å²) in [6, 6.07) is 14.9. The third kappa shape index (κ3) is 4.06. The van der Waals surface area contributed by atoms with E-state index in [1.54, 1.807) is 0 Å². The van der Waals surface area contributed by atoms with Crippen LogP contribution in [-0.2, 0) is 4.74 Å². The first-order valence-corrected chi connectivity index (χ1v) is 10.8. The molecule has 5 rings (SSSR count). The predicted octanol–water partition coefficient (Wildman–Crippen LogP) is 3.69. The SMILES string of the molecule is c1ccc(-c2ccc(NC3C[C@@H]4CN(CC5CCOCC5)C[C@@H]4C3)nn2)cc1. The molecule has 0 radical (unpaired) electrons. The number of ether oxygens (including phenoxy) is 1. The number of likely N-dealkylation sites (tertiary alicyclic amines) is 1. The zero-order valence-electron chi connectivity index (χ0n) is 16.5. The summed E-state index contributed by atoms with van der Waals surface area (Å²) in [7, 11) is 0. The van der Waals surface area contributed by atoms with Crippen LogP contribution in [0.4, 0.5) is 5.82 Å². The van der Waals surface area contributed by atoms with E-state index in [0.717, 1.165) is 48.0 Å². The molecule has 5 heteroatoms. The molecule has 2 aromatic rings. The van der Waals surface area contributed by atoms with Gasteiger partial charge < -0.3 is 15.0 Å². The fourth-order valence-electron chi connectivity index (χ4n) is 5.34. The lowest BCUT2D eigenvalue weighted by molar-refractivity contribution is 0.0545. The van der Waals surface area contributed by atoms with Gasteiger partial charge >= 0.3 is 0 Å². The quantitative estimate of drug-likeness (QED) is 0.860. The highest BCUT2D eigenvalue weighted by atomic mass is 16.5. The molecule has 3 aliphatic rings. The molecule has 3 atom stereocenters. The van der Waals surface area contributed by atoms with Crippen LogP contribution < -0.4 is 5.32 Å².